The Labute approximate surface area is 136 Å². The minimum Gasteiger partial charge on any atom is -0.508 e. The van der Waals surface area contributed by atoms with Crippen LogP contribution in [0.1, 0.15) is 31.9 Å². The lowest BCUT2D eigenvalue weighted by Gasteiger charge is -2.22. The van der Waals surface area contributed by atoms with E-state index in [1.807, 2.05) is 0 Å². The van der Waals surface area contributed by atoms with E-state index in [2.05, 4.69) is 5.32 Å². The van der Waals surface area contributed by atoms with Gasteiger partial charge in [0, 0.05) is 6.42 Å². The second-order valence-corrected chi connectivity index (χ2v) is 6.08. The molecule has 1 atom stereocenters. The van der Waals surface area contributed by atoms with Crippen LogP contribution in [0.3, 0.4) is 0 Å². The van der Waals surface area contributed by atoms with E-state index >= 15 is 0 Å². The summed E-state index contributed by atoms with van der Waals surface area (Å²) < 4.78 is 42.5. The second kappa shape index (κ2) is 6.98. The molecular formula is C15H18F3NO5. The Morgan fingerprint density at radius 1 is 1.25 bits per heavy atom. The summed E-state index contributed by atoms with van der Waals surface area (Å²) in [5, 5.41) is 20.9. The first-order valence-electron chi connectivity index (χ1n) is 6.91. The molecule has 9 heteroatoms. The normalized spacial score (nSPS) is 13.2. The Kier molecular flexibility index (Phi) is 5.70. The van der Waals surface area contributed by atoms with Crippen LogP contribution in [0.4, 0.5) is 18.0 Å². The molecule has 0 bridgehead atoms. The molecule has 0 aliphatic carbocycles. The number of carbonyl (C=O) groups excluding carboxylic acids is 1. The molecule has 0 spiro atoms. The van der Waals surface area contributed by atoms with Gasteiger partial charge >= 0.3 is 18.2 Å². The van der Waals surface area contributed by atoms with Crippen molar-refractivity contribution >= 4 is 12.1 Å². The summed E-state index contributed by atoms with van der Waals surface area (Å²) in [6.45, 7) is 4.76. The van der Waals surface area contributed by atoms with Crippen LogP contribution in [0, 0.1) is 0 Å². The molecule has 1 amide bonds. The van der Waals surface area contributed by atoms with E-state index in [1.54, 1.807) is 20.8 Å². The average molecular weight is 349 g/mol. The third kappa shape index (κ3) is 5.98. The number of aromatic hydroxyl groups is 1. The fourth-order valence-corrected chi connectivity index (χ4v) is 1.78. The molecule has 0 fully saturated rings. The number of hydrogen-bond donors (Lipinski definition) is 3. The SMILES string of the molecule is CC(C)(C)OC(=O)N[C@@H](Cc1ccc(C(F)(F)F)cc1O)C(=O)O. The number of ether oxygens (including phenoxy) is 1. The molecule has 1 aromatic carbocycles. The van der Waals surface area contributed by atoms with Gasteiger partial charge in [-0.05, 0) is 38.5 Å². The van der Waals surface area contributed by atoms with Gasteiger partial charge in [-0.3, -0.25) is 0 Å². The molecule has 1 aromatic rings. The number of benzene rings is 1. The van der Waals surface area contributed by atoms with Crippen molar-refractivity contribution in [1.82, 2.24) is 5.32 Å². The van der Waals surface area contributed by atoms with Gasteiger partial charge in [0.25, 0.3) is 0 Å². The molecule has 134 valence electrons. The predicted molar refractivity (Wildman–Crippen MR) is 77.6 cm³/mol. The smallest absolute Gasteiger partial charge is 0.416 e. The maximum Gasteiger partial charge on any atom is 0.416 e. The summed E-state index contributed by atoms with van der Waals surface area (Å²) in [5.74, 6) is -2.12. The molecule has 0 aliphatic heterocycles. The molecule has 24 heavy (non-hydrogen) atoms. The molecular weight excluding hydrogens is 331 g/mol. The van der Waals surface area contributed by atoms with Crippen molar-refractivity contribution in [2.24, 2.45) is 0 Å². The largest absolute Gasteiger partial charge is 0.508 e. The molecule has 0 radical (unpaired) electrons. The van der Waals surface area contributed by atoms with Gasteiger partial charge in [-0.1, -0.05) is 6.07 Å². The van der Waals surface area contributed by atoms with E-state index in [9.17, 15) is 27.9 Å². The Morgan fingerprint density at radius 3 is 2.25 bits per heavy atom. The van der Waals surface area contributed by atoms with E-state index in [0.29, 0.717) is 6.07 Å². The number of hydrogen-bond acceptors (Lipinski definition) is 4. The van der Waals surface area contributed by atoms with Gasteiger partial charge in [-0.25, -0.2) is 9.59 Å². The Balaban J connectivity index is 2.90. The van der Waals surface area contributed by atoms with Crippen LogP contribution < -0.4 is 5.32 Å². The Bertz CT molecular complexity index is 623. The summed E-state index contributed by atoms with van der Waals surface area (Å²) in [5.41, 5.74) is -1.95. The zero-order valence-corrected chi connectivity index (χ0v) is 13.3. The Morgan fingerprint density at radius 2 is 1.83 bits per heavy atom. The van der Waals surface area contributed by atoms with Crippen LogP contribution in [-0.2, 0) is 22.1 Å². The molecule has 0 heterocycles. The van der Waals surface area contributed by atoms with Crippen LogP contribution in [-0.4, -0.2) is 33.9 Å². The maximum atomic E-state index is 12.5. The predicted octanol–water partition coefficient (Wildman–Crippen LogP) is 2.93. The van der Waals surface area contributed by atoms with Crippen molar-refractivity contribution in [2.75, 3.05) is 0 Å². The van der Waals surface area contributed by atoms with E-state index in [-0.39, 0.29) is 5.56 Å². The number of alkyl carbamates (subject to hydrolysis) is 1. The maximum absolute atomic E-state index is 12.5. The number of amides is 1. The van der Waals surface area contributed by atoms with Crippen LogP contribution in [0.25, 0.3) is 0 Å². The fraction of sp³-hybridized carbons (Fsp3) is 0.467. The number of carbonyl (C=O) groups is 2. The Hall–Kier alpha value is -2.45. The molecule has 1 rings (SSSR count). The first kappa shape index (κ1) is 19.6. The van der Waals surface area contributed by atoms with E-state index in [4.69, 9.17) is 9.84 Å². The highest BCUT2D eigenvalue weighted by atomic mass is 19.4. The standard InChI is InChI=1S/C15H18F3NO5/c1-14(2,3)24-13(23)19-10(12(21)22)6-8-4-5-9(7-11(8)20)15(16,17)18/h4-5,7,10,20H,6H2,1-3H3,(H,19,23)(H,21,22)/t10-/m0/s1. The molecule has 0 aromatic heterocycles. The minimum atomic E-state index is -4.63. The monoisotopic (exact) mass is 349 g/mol. The number of phenolic OH excluding ortho intramolecular Hbond substituents is 1. The van der Waals surface area contributed by atoms with Crippen molar-refractivity contribution < 1.29 is 37.7 Å². The van der Waals surface area contributed by atoms with Crippen molar-refractivity contribution in [3.63, 3.8) is 0 Å². The van der Waals surface area contributed by atoms with Gasteiger partial charge in [0.1, 0.15) is 17.4 Å². The summed E-state index contributed by atoms with van der Waals surface area (Å²) in [6, 6.07) is 0.719. The third-order valence-corrected chi connectivity index (χ3v) is 2.83. The van der Waals surface area contributed by atoms with Gasteiger partial charge in [-0.2, -0.15) is 13.2 Å². The minimum absolute atomic E-state index is 0.0496. The van der Waals surface area contributed by atoms with E-state index < -0.39 is 47.6 Å². The number of halogens is 3. The van der Waals surface area contributed by atoms with Gasteiger partial charge in [0.15, 0.2) is 0 Å². The van der Waals surface area contributed by atoms with Gasteiger partial charge < -0.3 is 20.3 Å². The first-order valence-corrected chi connectivity index (χ1v) is 6.91. The van der Waals surface area contributed by atoms with Crippen LogP contribution in [0.2, 0.25) is 0 Å². The van der Waals surface area contributed by atoms with Gasteiger partial charge in [0.2, 0.25) is 0 Å². The topological polar surface area (TPSA) is 95.9 Å². The molecule has 0 aliphatic rings. The highest BCUT2D eigenvalue weighted by Crippen LogP contribution is 2.33. The lowest BCUT2D eigenvalue weighted by atomic mass is 10.0. The van der Waals surface area contributed by atoms with Gasteiger partial charge in [0.05, 0.1) is 5.56 Å². The third-order valence-electron chi connectivity index (χ3n) is 2.83. The number of nitrogens with one attached hydrogen (secondary N) is 1. The second-order valence-electron chi connectivity index (χ2n) is 6.08. The molecule has 0 saturated heterocycles. The first-order chi connectivity index (χ1) is 10.8. The molecule has 6 nitrogen and oxygen atoms in total. The van der Waals surface area contributed by atoms with Crippen LogP contribution in [0.5, 0.6) is 5.75 Å². The van der Waals surface area contributed by atoms with Crippen LogP contribution >= 0.6 is 0 Å². The number of alkyl halides is 3. The number of aliphatic carboxylic acids is 1. The van der Waals surface area contributed by atoms with Crippen molar-refractivity contribution in [3.05, 3.63) is 29.3 Å². The number of rotatable bonds is 4. The molecule has 0 unspecified atom stereocenters. The quantitative estimate of drug-likeness (QED) is 0.777. The van der Waals surface area contributed by atoms with Crippen molar-refractivity contribution in [2.45, 2.75) is 45.0 Å². The number of phenols is 1. The summed E-state index contributed by atoms with van der Waals surface area (Å²) in [6.07, 6.45) is -6.02. The zero-order valence-electron chi connectivity index (χ0n) is 13.3. The van der Waals surface area contributed by atoms with Crippen molar-refractivity contribution in [1.29, 1.82) is 0 Å². The van der Waals surface area contributed by atoms with Crippen LogP contribution in [0.15, 0.2) is 18.2 Å². The number of carboxylic acid groups (broad SMARTS) is 1. The lowest BCUT2D eigenvalue weighted by molar-refractivity contribution is -0.140. The lowest BCUT2D eigenvalue weighted by Crippen LogP contribution is -2.44. The highest BCUT2D eigenvalue weighted by Gasteiger charge is 2.32. The summed E-state index contributed by atoms with van der Waals surface area (Å²) in [7, 11) is 0. The van der Waals surface area contributed by atoms with E-state index in [1.165, 1.54) is 0 Å². The number of carboxylic acids is 1. The summed E-state index contributed by atoms with van der Waals surface area (Å²) in [4.78, 5) is 22.8. The average Bonchev–Trinajstić information content (AvgIpc) is 2.36. The molecule has 3 N–H and O–H groups in total. The zero-order chi connectivity index (χ0) is 18.7. The summed E-state index contributed by atoms with van der Waals surface area (Å²) >= 11 is 0. The highest BCUT2D eigenvalue weighted by molar-refractivity contribution is 5.80. The van der Waals surface area contributed by atoms with Crippen molar-refractivity contribution in [3.8, 4) is 5.75 Å². The molecule has 0 saturated carbocycles. The van der Waals surface area contributed by atoms with Gasteiger partial charge in [-0.15, -0.1) is 0 Å². The fourth-order valence-electron chi connectivity index (χ4n) is 1.78. The van der Waals surface area contributed by atoms with E-state index in [0.717, 1.165) is 12.1 Å².